The molecular formula is C16H13BrFN3. The molecule has 0 saturated heterocycles. The molecule has 0 atom stereocenters. The normalized spacial score (nSPS) is 10.6. The number of rotatable bonds is 4. The summed E-state index contributed by atoms with van der Waals surface area (Å²) in [7, 11) is 0. The van der Waals surface area contributed by atoms with Gasteiger partial charge >= 0.3 is 0 Å². The Morgan fingerprint density at radius 2 is 2.10 bits per heavy atom. The largest absolute Gasteiger partial charge is 0.381 e. The van der Waals surface area contributed by atoms with Crippen LogP contribution in [0, 0.1) is 5.82 Å². The third kappa shape index (κ3) is 3.31. The van der Waals surface area contributed by atoms with Gasteiger partial charge in [-0.2, -0.15) is 0 Å². The predicted octanol–water partition coefficient (Wildman–Crippen LogP) is 4.39. The van der Waals surface area contributed by atoms with Crippen LogP contribution in [-0.4, -0.2) is 9.55 Å². The summed E-state index contributed by atoms with van der Waals surface area (Å²) < 4.78 is 15.8. The van der Waals surface area contributed by atoms with Gasteiger partial charge in [0, 0.05) is 34.8 Å². The monoisotopic (exact) mass is 345 g/mol. The number of halogens is 2. The van der Waals surface area contributed by atoms with Crippen LogP contribution < -0.4 is 5.32 Å². The molecule has 0 radical (unpaired) electrons. The number of anilines is 1. The summed E-state index contributed by atoms with van der Waals surface area (Å²) in [6, 6.07) is 12.7. The number of hydrogen-bond donors (Lipinski definition) is 1. The molecule has 1 aromatic heterocycles. The number of imidazole rings is 1. The zero-order valence-corrected chi connectivity index (χ0v) is 12.7. The van der Waals surface area contributed by atoms with Crippen molar-refractivity contribution in [2.75, 3.05) is 5.32 Å². The average molecular weight is 346 g/mol. The lowest BCUT2D eigenvalue weighted by Gasteiger charge is -2.10. The molecule has 1 heterocycles. The predicted molar refractivity (Wildman–Crippen MR) is 85.0 cm³/mol. The first-order chi connectivity index (χ1) is 10.2. The highest BCUT2D eigenvalue weighted by atomic mass is 79.9. The van der Waals surface area contributed by atoms with Gasteiger partial charge in [0.15, 0.2) is 0 Å². The van der Waals surface area contributed by atoms with Crippen molar-refractivity contribution in [1.82, 2.24) is 9.55 Å². The molecule has 0 amide bonds. The van der Waals surface area contributed by atoms with Crippen LogP contribution in [0.25, 0.3) is 5.69 Å². The van der Waals surface area contributed by atoms with Gasteiger partial charge in [0.25, 0.3) is 0 Å². The van der Waals surface area contributed by atoms with E-state index in [2.05, 4.69) is 26.2 Å². The highest BCUT2D eigenvalue weighted by Gasteiger charge is 2.02. The van der Waals surface area contributed by atoms with Crippen LogP contribution in [0.1, 0.15) is 5.56 Å². The van der Waals surface area contributed by atoms with Crippen molar-refractivity contribution in [2.24, 2.45) is 0 Å². The highest BCUT2D eigenvalue weighted by molar-refractivity contribution is 9.10. The van der Waals surface area contributed by atoms with Gasteiger partial charge in [-0.05, 0) is 35.9 Å². The first-order valence-electron chi connectivity index (χ1n) is 6.48. The van der Waals surface area contributed by atoms with E-state index in [1.165, 1.54) is 12.1 Å². The lowest BCUT2D eigenvalue weighted by Crippen LogP contribution is -2.01. The summed E-state index contributed by atoms with van der Waals surface area (Å²) in [5.74, 6) is -0.243. The van der Waals surface area contributed by atoms with Gasteiger partial charge < -0.3 is 9.88 Å². The maximum absolute atomic E-state index is 13.1. The van der Waals surface area contributed by atoms with E-state index in [9.17, 15) is 4.39 Å². The summed E-state index contributed by atoms with van der Waals surface area (Å²) in [6.07, 6.45) is 5.40. The summed E-state index contributed by atoms with van der Waals surface area (Å²) in [5, 5.41) is 3.34. The van der Waals surface area contributed by atoms with E-state index in [1.807, 2.05) is 35.0 Å². The van der Waals surface area contributed by atoms with E-state index in [0.717, 1.165) is 21.4 Å². The van der Waals surface area contributed by atoms with Crippen molar-refractivity contribution in [1.29, 1.82) is 0 Å². The molecule has 0 spiro atoms. The first-order valence-corrected chi connectivity index (χ1v) is 7.28. The number of aromatic nitrogens is 2. The fourth-order valence-electron chi connectivity index (χ4n) is 2.05. The average Bonchev–Trinajstić information content (AvgIpc) is 3.01. The molecular weight excluding hydrogens is 333 g/mol. The second-order valence-corrected chi connectivity index (χ2v) is 5.46. The molecule has 5 heteroatoms. The number of nitrogens with one attached hydrogen (secondary N) is 1. The fourth-order valence-corrected chi connectivity index (χ4v) is 2.54. The molecule has 3 aromatic rings. The Labute approximate surface area is 130 Å². The fraction of sp³-hybridized carbons (Fsp3) is 0.0625. The molecule has 106 valence electrons. The number of benzene rings is 2. The van der Waals surface area contributed by atoms with E-state index in [4.69, 9.17) is 0 Å². The van der Waals surface area contributed by atoms with E-state index in [-0.39, 0.29) is 5.82 Å². The molecule has 0 aliphatic rings. The number of hydrogen-bond acceptors (Lipinski definition) is 2. The minimum atomic E-state index is -0.243. The minimum Gasteiger partial charge on any atom is -0.381 e. The first kappa shape index (κ1) is 13.8. The van der Waals surface area contributed by atoms with Crippen LogP contribution in [-0.2, 0) is 6.54 Å². The Balaban J connectivity index is 1.75. The third-order valence-electron chi connectivity index (χ3n) is 3.15. The molecule has 0 unspecified atom stereocenters. The molecule has 2 aromatic carbocycles. The second-order valence-electron chi connectivity index (χ2n) is 4.61. The Morgan fingerprint density at radius 1 is 1.19 bits per heavy atom. The van der Waals surface area contributed by atoms with Crippen molar-refractivity contribution < 1.29 is 4.39 Å². The van der Waals surface area contributed by atoms with Crippen LogP contribution in [0.5, 0.6) is 0 Å². The molecule has 3 rings (SSSR count). The summed E-state index contributed by atoms with van der Waals surface area (Å²) in [6.45, 7) is 0.619. The standard InChI is InChI=1S/C16H13BrFN3/c17-16-8-13(18)5-4-12(16)10-20-14-2-1-3-15(9-14)21-7-6-19-11-21/h1-9,11,20H,10H2. The van der Waals surface area contributed by atoms with Gasteiger partial charge in [0.2, 0.25) is 0 Å². The van der Waals surface area contributed by atoms with E-state index >= 15 is 0 Å². The zero-order valence-electron chi connectivity index (χ0n) is 11.1. The molecule has 0 aliphatic carbocycles. The molecule has 0 saturated carbocycles. The third-order valence-corrected chi connectivity index (χ3v) is 3.88. The topological polar surface area (TPSA) is 29.9 Å². The Kier molecular flexibility index (Phi) is 4.01. The lowest BCUT2D eigenvalue weighted by molar-refractivity contribution is 0.626. The van der Waals surface area contributed by atoms with Gasteiger partial charge in [0.05, 0.1) is 6.33 Å². The Hall–Kier alpha value is -2.14. The van der Waals surface area contributed by atoms with E-state index in [1.54, 1.807) is 18.6 Å². The lowest BCUT2D eigenvalue weighted by atomic mass is 10.2. The quantitative estimate of drug-likeness (QED) is 0.760. The van der Waals surface area contributed by atoms with Crippen molar-refractivity contribution >= 4 is 21.6 Å². The van der Waals surface area contributed by atoms with Crippen LogP contribution in [0.4, 0.5) is 10.1 Å². The van der Waals surface area contributed by atoms with Gasteiger partial charge in [-0.25, -0.2) is 9.37 Å². The zero-order chi connectivity index (χ0) is 14.7. The SMILES string of the molecule is Fc1ccc(CNc2cccc(-n3ccnc3)c2)c(Br)c1. The molecule has 21 heavy (non-hydrogen) atoms. The maximum Gasteiger partial charge on any atom is 0.124 e. The van der Waals surface area contributed by atoms with Crippen molar-refractivity contribution in [2.45, 2.75) is 6.54 Å². The van der Waals surface area contributed by atoms with E-state index < -0.39 is 0 Å². The van der Waals surface area contributed by atoms with Gasteiger partial charge in [-0.15, -0.1) is 0 Å². The highest BCUT2D eigenvalue weighted by Crippen LogP contribution is 2.20. The molecule has 1 N–H and O–H groups in total. The smallest absolute Gasteiger partial charge is 0.124 e. The van der Waals surface area contributed by atoms with Gasteiger partial charge in [0.1, 0.15) is 5.82 Å². The van der Waals surface area contributed by atoms with Crippen molar-refractivity contribution in [3.8, 4) is 5.69 Å². The minimum absolute atomic E-state index is 0.243. The number of nitrogens with zero attached hydrogens (tertiary/aromatic N) is 2. The molecule has 0 fully saturated rings. The van der Waals surface area contributed by atoms with Crippen LogP contribution in [0.15, 0.2) is 65.7 Å². The van der Waals surface area contributed by atoms with Crippen LogP contribution in [0.2, 0.25) is 0 Å². The van der Waals surface area contributed by atoms with Crippen molar-refractivity contribution in [3.63, 3.8) is 0 Å². The Morgan fingerprint density at radius 3 is 2.86 bits per heavy atom. The summed E-state index contributed by atoms with van der Waals surface area (Å²) in [5.41, 5.74) is 3.04. The molecule has 3 nitrogen and oxygen atoms in total. The molecule has 0 bridgehead atoms. The summed E-state index contributed by atoms with van der Waals surface area (Å²) in [4.78, 5) is 4.04. The summed E-state index contributed by atoms with van der Waals surface area (Å²) >= 11 is 3.37. The van der Waals surface area contributed by atoms with E-state index in [0.29, 0.717) is 6.54 Å². The Bertz CT molecular complexity index is 741. The van der Waals surface area contributed by atoms with Crippen LogP contribution in [0.3, 0.4) is 0 Å². The maximum atomic E-state index is 13.1. The van der Waals surface area contributed by atoms with Crippen LogP contribution >= 0.6 is 15.9 Å². The van der Waals surface area contributed by atoms with Gasteiger partial charge in [-0.3, -0.25) is 0 Å². The molecule has 0 aliphatic heterocycles. The van der Waals surface area contributed by atoms with Gasteiger partial charge in [-0.1, -0.05) is 28.1 Å². The second kappa shape index (κ2) is 6.10. The van der Waals surface area contributed by atoms with Crippen molar-refractivity contribution in [3.05, 3.63) is 77.0 Å².